The third kappa shape index (κ3) is 6.00. The highest BCUT2D eigenvalue weighted by molar-refractivity contribution is 6.31. The van der Waals surface area contributed by atoms with Crippen LogP contribution in [0.1, 0.15) is 56.1 Å². The number of imidazole rings is 1. The summed E-state index contributed by atoms with van der Waals surface area (Å²) in [5, 5.41) is 6.67. The van der Waals surface area contributed by atoms with Crippen LogP contribution in [0.2, 0.25) is 0 Å². The van der Waals surface area contributed by atoms with Crippen molar-refractivity contribution in [3.8, 4) is 0 Å². The van der Waals surface area contributed by atoms with Crippen molar-refractivity contribution in [3.63, 3.8) is 0 Å². The molecule has 10 heteroatoms. The molecule has 1 aromatic rings. The molecular formula is C24H34ClN5O4. The zero-order chi connectivity index (χ0) is 24.1. The summed E-state index contributed by atoms with van der Waals surface area (Å²) < 4.78 is 12.5. The minimum atomic E-state index is -0.451. The van der Waals surface area contributed by atoms with E-state index in [4.69, 9.17) is 21.3 Å². The SMILES string of the molecule is COC(=O)NCCCn1cc([C@@H](C)N(C(=O)[C@H]2CNCCO2)C2CC2)nc1C1C=C(Cl)C=CC1. The highest BCUT2D eigenvalue weighted by Crippen LogP contribution is 2.36. The molecule has 2 N–H and O–H groups in total. The first kappa shape index (κ1) is 24.8. The molecule has 34 heavy (non-hydrogen) atoms. The number of aromatic nitrogens is 2. The summed E-state index contributed by atoms with van der Waals surface area (Å²) in [4.78, 5) is 31.7. The Bertz CT molecular complexity index is 936. The molecule has 1 aliphatic heterocycles. The first-order chi connectivity index (χ1) is 16.5. The molecule has 2 amide bonds. The van der Waals surface area contributed by atoms with Gasteiger partial charge in [0.15, 0.2) is 0 Å². The zero-order valence-corrected chi connectivity index (χ0v) is 20.6. The lowest BCUT2D eigenvalue weighted by molar-refractivity contribution is -0.148. The molecular weight excluding hydrogens is 458 g/mol. The molecule has 1 aromatic heterocycles. The molecule has 4 rings (SSSR count). The molecule has 0 spiro atoms. The zero-order valence-electron chi connectivity index (χ0n) is 19.8. The largest absolute Gasteiger partial charge is 0.453 e. The van der Waals surface area contributed by atoms with Crippen LogP contribution in [0.3, 0.4) is 0 Å². The maximum absolute atomic E-state index is 13.4. The predicted octanol–water partition coefficient (Wildman–Crippen LogP) is 2.84. The number of allylic oxidation sites excluding steroid dienone is 4. The van der Waals surface area contributed by atoms with E-state index in [0.29, 0.717) is 31.3 Å². The van der Waals surface area contributed by atoms with Crippen molar-refractivity contribution in [1.29, 1.82) is 0 Å². The molecule has 1 unspecified atom stereocenters. The van der Waals surface area contributed by atoms with Gasteiger partial charge in [0.2, 0.25) is 0 Å². The fraction of sp³-hybridized carbons (Fsp3) is 0.625. The van der Waals surface area contributed by atoms with Gasteiger partial charge in [-0.3, -0.25) is 4.79 Å². The van der Waals surface area contributed by atoms with E-state index in [1.54, 1.807) is 0 Å². The van der Waals surface area contributed by atoms with Crippen molar-refractivity contribution < 1.29 is 19.1 Å². The van der Waals surface area contributed by atoms with Crippen LogP contribution in [0.5, 0.6) is 0 Å². The summed E-state index contributed by atoms with van der Waals surface area (Å²) in [6, 6.07) is 0.0649. The molecule has 186 valence electrons. The van der Waals surface area contributed by atoms with Crippen LogP contribution in [-0.2, 0) is 20.8 Å². The standard InChI is InChI=1S/C24H34ClN5O4/c1-16(30(19-7-8-19)23(31)21-14-26-10-12-34-21)20-15-29(11-4-9-27-24(32)33-2)22(28-20)17-5-3-6-18(25)13-17/h3,6,13,15-17,19,21,26H,4-5,7-12,14H2,1-2H3,(H,27,32)/t16-,17?,21-/m1/s1. The summed E-state index contributed by atoms with van der Waals surface area (Å²) in [7, 11) is 1.35. The lowest BCUT2D eigenvalue weighted by Crippen LogP contribution is -2.50. The number of methoxy groups -OCH3 is 1. The Morgan fingerprint density at radius 1 is 1.44 bits per heavy atom. The fourth-order valence-corrected chi connectivity index (χ4v) is 4.78. The number of hydrogen-bond donors (Lipinski definition) is 2. The maximum Gasteiger partial charge on any atom is 0.406 e. The Hall–Kier alpha value is -2.36. The van der Waals surface area contributed by atoms with E-state index in [-0.39, 0.29) is 23.9 Å². The maximum atomic E-state index is 13.4. The van der Waals surface area contributed by atoms with Crippen LogP contribution in [0.4, 0.5) is 4.79 Å². The van der Waals surface area contributed by atoms with E-state index in [2.05, 4.69) is 26.0 Å². The molecule has 9 nitrogen and oxygen atoms in total. The number of alkyl carbamates (subject to hydrolysis) is 1. The topological polar surface area (TPSA) is 97.7 Å². The number of amides is 2. The van der Waals surface area contributed by atoms with Gasteiger partial charge in [0.25, 0.3) is 5.91 Å². The van der Waals surface area contributed by atoms with Gasteiger partial charge >= 0.3 is 6.09 Å². The van der Waals surface area contributed by atoms with E-state index < -0.39 is 12.2 Å². The van der Waals surface area contributed by atoms with Gasteiger partial charge in [0, 0.05) is 49.4 Å². The van der Waals surface area contributed by atoms with Crippen LogP contribution in [0.15, 0.2) is 29.5 Å². The fourth-order valence-electron chi connectivity index (χ4n) is 4.53. The molecule has 1 saturated heterocycles. The second-order valence-corrected chi connectivity index (χ2v) is 9.44. The van der Waals surface area contributed by atoms with E-state index in [0.717, 1.165) is 43.7 Å². The van der Waals surface area contributed by atoms with Gasteiger partial charge in [-0.25, -0.2) is 9.78 Å². The van der Waals surface area contributed by atoms with Crippen molar-refractivity contribution >= 4 is 23.6 Å². The summed E-state index contributed by atoms with van der Waals surface area (Å²) in [6.45, 7) is 5.08. The number of hydrogen-bond acceptors (Lipinski definition) is 6. The van der Waals surface area contributed by atoms with Crippen LogP contribution >= 0.6 is 11.6 Å². The number of nitrogens with one attached hydrogen (secondary N) is 2. The number of carbonyl (C=O) groups excluding carboxylic acids is 2. The first-order valence-corrected chi connectivity index (χ1v) is 12.4. The van der Waals surface area contributed by atoms with Crippen molar-refractivity contribution in [2.45, 2.75) is 63.3 Å². The number of morpholine rings is 1. The Morgan fingerprint density at radius 3 is 2.94 bits per heavy atom. The van der Waals surface area contributed by atoms with Gasteiger partial charge in [-0.15, -0.1) is 0 Å². The van der Waals surface area contributed by atoms with Gasteiger partial charge in [0.1, 0.15) is 11.9 Å². The Morgan fingerprint density at radius 2 is 2.26 bits per heavy atom. The number of aryl methyl sites for hydroxylation is 1. The van der Waals surface area contributed by atoms with Crippen LogP contribution in [0, 0.1) is 0 Å². The van der Waals surface area contributed by atoms with Gasteiger partial charge < -0.3 is 29.6 Å². The number of nitrogens with zero attached hydrogens (tertiary/aromatic N) is 3. The number of carbonyl (C=O) groups is 2. The molecule has 3 aliphatic rings. The molecule has 1 saturated carbocycles. The summed E-state index contributed by atoms with van der Waals surface area (Å²) in [5.41, 5.74) is 0.860. The van der Waals surface area contributed by atoms with Gasteiger partial charge in [-0.05, 0) is 38.7 Å². The molecule has 2 heterocycles. The second-order valence-electron chi connectivity index (χ2n) is 9.00. The Labute approximate surface area is 205 Å². The highest BCUT2D eigenvalue weighted by atomic mass is 35.5. The highest BCUT2D eigenvalue weighted by Gasteiger charge is 2.40. The monoisotopic (exact) mass is 491 g/mol. The smallest absolute Gasteiger partial charge is 0.406 e. The molecule has 2 fully saturated rings. The summed E-state index contributed by atoms with van der Waals surface area (Å²) in [5.74, 6) is 1.01. The van der Waals surface area contributed by atoms with Crippen LogP contribution in [0.25, 0.3) is 0 Å². The average molecular weight is 492 g/mol. The van der Waals surface area contributed by atoms with Gasteiger partial charge in [-0.2, -0.15) is 0 Å². The van der Waals surface area contributed by atoms with Gasteiger partial charge in [-0.1, -0.05) is 23.8 Å². The van der Waals surface area contributed by atoms with Crippen LogP contribution < -0.4 is 10.6 Å². The van der Waals surface area contributed by atoms with Gasteiger partial charge in [0.05, 0.1) is 25.5 Å². The van der Waals surface area contributed by atoms with E-state index >= 15 is 0 Å². The molecule has 3 atom stereocenters. The summed E-state index contributed by atoms with van der Waals surface area (Å²) >= 11 is 6.29. The molecule has 0 aromatic carbocycles. The Kier molecular flexibility index (Phi) is 8.28. The third-order valence-corrected chi connectivity index (χ3v) is 6.71. The first-order valence-electron chi connectivity index (χ1n) is 12.0. The lowest BCUT2D eigenvalue weighted by atomic mass is 10.00. The van der Waals surface area contributed by atoms with E-state index in [1.165, 1.54) is 7.11 Å². The van der Waals surface area contributed by atoms with E-state index in [1.807, 2.05) is 30.2 Å². The van der Waals surface area contributed by atoms with Crippen molar-refractivity contribution in [1.82, 2.24) is 25.1 Å². The number of halogens is 1. The van der Waals surface area contributed by atoms with Crippen molar-refractivity contribution in [2.75, 3.05) is 33.4 Å². The number of rotatable bonds is 9. The second kappa shape index (κ2) is 11.4. The third-order valence-electron chi connectivity index (χ3n) is 6.46. The van der Waals surface area contributed by atoms with Crippen molar-refractivity contribution in [2.24, 2.45) is 0 Å². The van der Waals surface area contributed by atoms with Crippen molar-refractivity contribution in [3.05, 3.63) is 41.0 Å². The normalized spacial score (nSPS) is 23.2. The lowest BCUT2D eigenvalue weighted by Gasteiger charge is -2.33. The number of ether oxygens (including phenoxy) is 2. The van der Waals surface area contributed by atoms with E-state index in [9.17, 15) is 9.59 Å². The molecule has 0 radical (unpaired) electrons. The molecule has 0 bridgehead atoms. The Balaban J connectivity index is 1.54. The minimum absolute atomic E-state index is 0.0316. The minimum Gasteiger partial charge on any atom is -0.453 e. The quantitative estimate of drug-likeness (QED) is 0.515. The van der Waals surface area contributed by atoms with Crippen LogP contribution in [-0.4, -0.2) is 71.9 Å². The molecule has 2 aliphatic carbocycles. The average Bonchev–Trinajstić information content (AvgIpc) is 3.59. The predicted molar refractivity (Wildman–Crippen MR) is 129 cm³/mol. The summed E-state index contributed by atoms with van der Waals surface area (Å²) in [6.07, 6.45) is 10.7.